The Morgan fingerprint density at radius 2 is 1.72 bits per heavy atom. The van der Waals surface area contributed by atoms with Gasteiger partial charge < -0.3 is 0 Å². The van der Waals surface area contributed by atoms with Crippen molar-refractivity contribution in [3.05, 3.63) is 65.0 Å². The summed E-state index contributed by atoms with van der Waals surface area (Å²) in [4.78, 5) is 4.77. The molecule has 0 bridgehead atoms. The summed E-state index contributed by atoms with van der Waals surface area (Å²) >= 11 is 1.44. The summed E-state index contributed by atoms with van der Waals surface area (Å²) in [5.74, 6) is 0.505. The predicted molar refractivity (Wildman–Crippen MR) is 120 cm³/mol. The smallest absolute Gasteiger partial charge is 0.242 e. The first-order chi connectivity index (χ1) is 13.8. The van der Waals surface area contributed by atoms with Gasteiger partial charge in [0.1, 0.15) is 0 Å². The van der Waals surface area contributed by atoms with Crippen LogP contribution in [0.1, 0.15) is 30.9 Å². The van der Waals surface area contributed by atoms with E-state index in [2.05, 4.69) is 41.5 Å². The fourth-order valence-corrected chi connectivity index (χ4v) is 4.17. The zero-order valence-corrected chi connectivity index (χ0v) is 18.5. The van der Waals surface area contributed by atoms with Gasteiger partial charge in [-0.3, -0.25) is 5.43 Å². The molecule has 1 heterocycles. The van der Waals surface area contributed by atoms with Crippen molar-refractivity contribution in [2.45, 2.75) is 24.7 Å². The van der Waals surface area contributed by atoms with Crippen molar-refractivity contribution < 1.29 is 8.42 Å². The van der Waals surface area contributed by atoms with Gasteiger partial charge in [0, 0.05) is 25.0 Å². The van der Waals surface area contributed by atoms with E-state index in [1.54, 1.807) is 30.5 Å². The number of aromatic nitrogens is 1. The van der Waals surface area contributed by atoms with E-state index in [-0.39, 0.29) is 4.90 Å². The van der Waals surface area contributed by atoms with Gasteiger partial charge in [-0.15, -0.1) is 11.3 Å². The van der Waals surface area contributed by atoms with Crippen molar-refractivity contribution in [3.63, 3.8) is 0 Å². The number of sulfonamides is 1. The molecular formula is C21H24N4O2S2. The molecule has 0 saturated carbocycles. The summed E-state index contributed by atoms with van der Waals surface area (Å²) in [6, 6.07) is 15.0. The molecule has 0 unspecified atom stereocenters. The molecule has 3 rings (SSSR count). The average Bonchev–Trinajstić information content (AvgIpc) is 3.17. The number of nitrogens with zero attached hydrogens (tertiary/aromatic N) is 3. The molecule has 0 aliphatic carbocycles. The van der Waals surface area contributed by atoms with E-state index in [1.165, 1.54) is 35.3 Å². The first kappa shape index (κ1) is 21.2. The Balaban J connectivity index is 1.66. The van der Waals surface area contributed by atoms with E-state index in [0.717, 1.165) is 16.8 Å². The molecule has 0 radical (unpaired) electrons. The lowest BCUT2D eigenvalue weighted by Gasteiger charge is -2.11. The second kappa shape index (κ2) is 8.86. The molecule has 0 spiro atoms. The topological polar surface area (TPSA) is 74.7 Å². The number of rotatable bonds is 7. The second-order valence-electron chi connectivity index (χ2n) is 7.04. The Morgan fingerprint density at radius 3 is 2.31 bits per heavy atom. The summed E-state index contributed by atoms with van der Waals surface area (Å²) < 4.78 is 25.5. The minimum absolute atomic E-state index is 0.257. The van der Waals surface area contributed by atoms with Crippen LogP contribution in [-0.4, -0.2) is 38.0 Å². The number of benzene rings is 2. The first-order valence-electron chi connectivity index (χ1n) is 9.15. The van der Waals surface area contributed by atoms with Crippen molar-refractivity contribution in [2.75, 3.05) is 19.5 Å². The van der Waals surface area contributed by atoms with Gasteiger partial charge in [-0.1, -0.05) is 50.2 Å². The van der Waals surface area contributed by atoms with Crippen LogP contribution in [0, 0.1) is 0 Å². The fraction of sp³-hybridized carbons (Fsp3) is 0.238. The zero-order chi connectivity index (χ0) is 21.0. The highest BCUT2D eigenvalue weighted by atomic mass is 32.2. The number of anilines is 1. The van der Waals surface area contributed by atoms with Crippen LogP contribution in [0.3, 0.4) is 0 Å². The van der Waals surface area contributed by atoms with E-state index in [1.807, 2.05) is 17.5 Å². The van der Waals surface area contributed by atoms with E-state index in [9.17, 15) is 8.42 Å². The first-order valence-corrected chi connectivity index (χ1v) is 11.5. The fourth-order valence-electron chi connectivity index (χ4n) is 2.60. The maximum absolute atomic E-state index is 12.2. The monoisotopic (exact) mass is 428 g/mol. The van der Waals surface area contributed by atoms with Crippen molar-refractivity contribution in [1.29, 1.82) is 0 Å². The molecule has 0 aliphatic heterocycles. The minimum Gasteiger partial charge on any atom is -0.253 e. The summed E-state index contributed by atoms with van der Waals surface area (Å²) in [5.41, 5.74) is 6.87. The van der Waals surface area contributed by atoms with Crippen molar-refractivity contribution in [2.24, 2.45) is 5.10 Å². The molecule has 2 aromatic carbocycles. The SMILES string of the molecule is CC(C)c1ccc(C=NNc2nc(-c3ccc(S(=O)(=O)N(C)C)cc3)cs2)cc1. The van der Waals surface area contributed by atoms with E-state index in [0.29, 0.717) is 11.0 Å². The summed E-state index contributed by atoms with van der Waals surface area (Å²) in [7, 11) is -0.403. The third-order valence-electron chi connectivity index (χ3n) is 4.41. The second-order valence-corrected chi connectivity index (χ2v) is 10.1. The van der Waals surface area contributed by atoms with Gasteiger partial charge in [-0.2, -0.15) is 5.10 Å². The summed E-state index contributed by atoms with van der Waals surface area (Å²) in [6.07, 6.45) is 1.76. The lowest BCUT2D eigenvalue weighted by molar-refractivity contribution is 0.521. The minimum atomic E-state index is -3.43. The number of hydrazone groups is 1. The van der Waals surface area contributed by atoms with E-state index < -0.39 is 10.0 Å². The number of nitrogens with one attached hydrogen (secondary N) is 1. The highest BCUT2D eigenvalue weighted by molar-refractivity contribution is 7.89. The Morgan fingerprint density at radius 1 is 1.07 bits per heavy atom. The third-order valence-corrected chi connectivity index (χ3v) is 6.99. The average molecular weight is 429 g/mol. The number of hydrogen-bond acceptors (Lipinski definition) is 6. The molecule has 29 heavy (non-hydrogen) atoms. The van der Waals surface area contributed by atoms with Gasteiger partial charge in [0.15, 0.2) is 0 Å². The molecule has 0 saturated heterocycles. The number of thiazole rings is 1. The van der Waals surface area contributed by atoms with Crippen LogP contribution < -0.4 is 5.43 Å². The standard InChI is InChI=1S/C21H24N4O2S2/c1-15(2)17-7-5-16(6-8-17)13-22-24-21-23-20(14-28-21)18-9-11-19(12-10-18)29(26,27)25(3)4/h5-15H,1-4H3,(H,23,24). The molecular weight excluding hydrogens is 404 g/mol. The molecule has 0 fully saturated rings. The molecule has 6 nitrogen and oxygen atoms in total. The summed E-state index contributed by atoms with van der Waals surface area (Å²) in [6.45, 7) is 4.33. The van der Waals surface area contributed by atoms with Crippen LogP contribution >= 0.6 is 11.3 Å². The molecule has 3 aromatic rings. The Hall–Kier alpha value is -2.55. The highest BCUT2D eigenvalue weighted by Crippen LogP contribution is 2.26. The third kappa shape index (κ3) is 5.09. The lowest BCUT2D eigenvalue weighted by Crippen LogP contribution is -2.22. The van der Waals surface area contributed by atoms with E-state index in [4.69, 9.17) is 0 Å². The quantitative estimate of drug-likeness (QED) is 0.440. The normalized spacial score (nSPS) is 12.2. The van der Waals surface area contributed by atoms with Crippen molar-refractivity contribution >= 4 is 32.7 Å². The van der Waals surface area contributed by atoms with Crippen molar-refractivity contribution in [1.82, 2.24) is 9.29 Å². The van der Waals surface area contributed by atoms with E-state index >= 15 is 0 Å². The van der Waals surface area contributed by atoms with Crippen LogP contribution in [-0.2, 0) is 10.0 Å². The largest absolute Gasteiger partial charge is 0.253 e. The maximum Gasteiger partial charge on any atom is 0.242 e. The Labute approximate surface area is 176 Å². The lowest BCUT2D eigenvalue weighted by atomic mass is 10.0. The molecule has 0 aliphatic rings. The highest BCUT2D eigenvalue weighted by Gasteiger charge is 2.17. The molecule has 152 valence electrons. The molecule has 1 N–H and O–H groups in total. The number of hydrogen-bond donors (Lipinski definition) is 1. The van der Waals surface area contributed by atoms with Crippen LogP contribution in [0.4, 0.5) is 5.13 Å². The summed E-state index contributed by atoms with van der Waals surface area (Å²) in [5, 5.41) is 6.82. The molecule has 0 amide bonds. The van der Waals surface area contributed by atoms with Gasteiger partial charge >= 0.3 is 0 Å². The Bertz CT molecular complexity index is 1080. The van der Waals surface area contributed by atoms with Gasteiger partial charge in [0.25, 0.3) is 0 Å². The van der Waals surface area contributed by atoms with Gasteiger partial charge in [0.2, 0.25) is 15.2 Å². The molecule has 0 atom stereocenters. The van der Waals surface area contributed by atoms with Crippen LogP contribution in [0.25, 0.3) is 11.3 Å². The Kier molecular flexibility index (Phi) is 6.46. The maximum atomic E-state index is 12.2. The predicted octanol–water partition coefficient (Wildman–Crippen LogP) is 4.63. The van der Waals surface area contributed by atoms with Gasteiger partial charge in [-0.25, -0.2) is 17.7 Å². The zero-order valence-electron chi connectivity index (χ0n) is 16.8. The molecule has 8 heteroatoms. The molecule has 1 aromatic heterocycles. The van der Waals surface area contributed by atoms with Crippen LogP contribution in [0.5, 0.6) is 0 Å². The van der Waals surface area contributed by atoms with Crippen LogP contribution in [0.15, 0.2) is 63.9 Å². The van der Waals surface area contributed by atoms with Crippen molar-refractivity contribution in [3.8, 4) is 11.3 Å². The van der Waals surface area contributed by atoms with Gasteiger partial charge in [0.05, 0.1) is 16.8 Å². The van der Waals surface area contributed by atoms with Crippen LogP contribution in [0.2, 0.25) is 0 Å². The van der Waals surface area contributed by atoms with Gasteiger partial charge in [-0.05, 0) is 29.2 Å².